The number of hydrogen-bond acceptors (Lipinski definition) is 5. The van der Waals surface area contributed by atoms with Crippen LogP contribution in [-0.4, -0.2) is 15.1 Å². The highest BCUT2D eigenvalue weighted by molar-refractivity contribution is 5.48. The van der Waals surface area contributed by atoms with Crippen molar-refractivity contribution in [3.05, 3.63) is 29.8 Å². The fourth-order valence-corrected chi connectivity index (χ4v) is 1.44. The lowest BCUT2D eigenvalue weighted by Gasteiger charge is -1.94. The molecule has 0 spiro atoms. The monoisotopic (exact) mass is 228 g/mol. The van der Waals surface area contributed by atoms with E-state index in [1.165, 1.54) is 0 Å². The van der Waals surface area contributed by atoms with E-state index in [4.69, 9.17) is 9.78 Å². The molecule has 0 atom stereocenters. The maximum Gasteiger partial charge on any atom is 0.227 e. The molecule has 5 nitrogen and oxygen atoms in total. The fourth-order valence-electron chi connectivity index (χ4n) is 1.44. The van der Waals surface area contributed by atoms with E-state index >= 15 is 0 Å². The summed E-state index contributed by atoms with van der Waals surface area (Å²) >= 11 is 0. The Morgan fingerprint density at radius 3 is 3.12 bits per heavy atom. The number of aryl methyl sites for hydroxylation is 2. The molecule has 0 radical (unpaired) electrons. The van der Waals surface area contributed by atoms with E-state index < -0.39 is 0 Å². The van der Waals surface area contributed by atoms with Crippen LogP contribution < -0.4 is 0 Å². The van der Waals surface area contributed by atoms with Gasteiger partial charge in [0.1, 0.15) is 5.69 Å². The molecule has 2 rings (SSSR count). The Labute approximate surface area is 99.1 Å². The maximum atomic E-state index is 8.43. The van der Waals surface area contributed by atoms with Crippen LogP contribution in [0.2, 0.25) is 0 Å². The van der Waals surface area contributed by atoms with Crippen LogP contribution in [0.1, 0.15) is 24.3 Å². The largest absolute Gasteiger partial charge is 0.339 e. The molecule has 0 unspecified atom stereocenters. The standard InChI is InChI=1S/C12H12N4O/c1-9-5-7-14-10(8-9)12-15-11(17-16-12)4-2-3-6-13/h5,7-8H,2-4H2,1H3. The van der Waals surface area contributed by atoms with E-state index in [1.807, 2.05) is 19.1 Å². The highest BCUT2D eigenvalue weighted by Crippen LogP contribution is 2.14. The van der Waals surface area contributed by atoms with Crippen LogP contribution in [0, 0.1) is 18.3 Å². The van der Waals surface area contributed by atoms with E-state index in [9.17, 15) is 0 Å². The zero-order valence-electron chi connectivity index (χ0n) is 9.55. The Morgan fingerprint density at radius 2 is 2.35 bits per heavy atom. The van der Waals surface area contributed by atoms with Crippen molar-refractivity contribution >= 4 is 0 Å². The van der Waals surface area contributed by atoms with Crippen molar-refractivity contribution in [1.82, 2.24) is 15.1 Å². The number of pyridine rings is 1. The highest BCUT2D eigenvalue weighted by Gasteiger charge is 2.09. The molecule has 0 saturated carbocycles. The first kappa shape index (κ1) is 11.3. The first-order chi connectivity index (χ1) is 8.29. The van der Waals surface area contributed by atoms with Gasteiger partial charge in [-0.05, 0) is 31.0 Å². The molecule has 2 aromatic heterocycles. The van der Waals surface area contributed by atoms with Gasteiger partial charge in [0.15, 0.2) is 0 Å². The van der Waals surface area contributed by atoms with E-state index in [0.29, 0.717) is 30.3 Å². The Bertz CT molecular complexity index is 541. The second-order valence-electron chi connectivity index (χ2n) is 3.74. The number of nitrogens with zero attached hydrogens (tertiary/aromatic N) is 4. The van der Waals surface area contributed by atoms with Crippen molar-refractivity contribution in [3.8, 4) is 17.6 Å². The van der Waals surface area contributed by atoms with Gasteiger partial charge in [0.05, 0.1) is 6.07 Å². The summed E-state index contributed by atoms with van der Waals surface area (Å²) in [6.07, 6.45) is 3.59. The van der Waals surface area contributed by atoms with Gasteiger partial charge in [-0.2, -0.15) is 10.2 Å². The summed E-state index contributed by atoms with van der Waals surface area (Å²) in [5.41, 5.74) is 1.81. The van der Waals surface area contributed by atoms with Crippen LogP contribution in [0.25, 0.3) is 11.5 Å². The van der Waals surface area contributed by atoms with E-state index in [0.717, 1.165) is 12.0 Å². The lowest BCUT2D eigenvalue weighted by molar-refractivity contribution is 0.376. The van der Waals surface area contributed by atoms with Crippen LogP contribution in [-0.2, 0) is 6.42 Å². The second kappa shape index (κ2) is 5.21. The third-order valence-electron chi connectivity index (χ3n) is 2.29. The molecule has 0 aliphatic carbocycles. The van der Waals surface area contributed by atoms with Crippen LogP contribution in [0.4, 0.5) is 0 Å². The van der Waals surface area contributed by atoms with Crippen molar-refractivity contribution in [2.75, 3.05) is 0 Å². The minimum atomic E-state index is 0.500. The van der Waals surface area contributed by atoms with Crippen molar-refractivity contribution in [2.45, 2.75) is 26.2 Å². The molecular weight excluding hydrogens is 216 g/mol. The Balaban J connectivity index is 2.10. The van der Waals surface area contributed by atoms with E-state index in [-0.39, 0.29) is 0 Å². The van der Waals surface area contributed by atoms with Gasteiger partial charge >= 0.3 is 0 Å². The van der Waals surface area contributed by atoms with Crippen LogP contribution in [0.3, 0.4) is 0 Å². The van der Waals surface area contributed by atoms with Gasteiger partial charge in [0.25, 0.3) is 0 Å². The van der Waals surface area contributed by atoms with Gasteiger partial charge in [-0.15, -0.1) is 0 Å². The molecule has 86 valence electrons. The topological polar surface area (TPSA) is 75.6 Å². The zero-order chi connectivity index (χ0) is 12.1. The number of hydrogen-bond donors (Lipinski definition) is 0. The predicted molar refractivity (Wildman–Crippen MR) is 60.8 cm³/mol. The van der Waals surface area contributed by atoms with E-state index in [2.05, 4.69) is 21.2 Å². The van der Waals surface area contributed by atoms with Crippen molar-refractivity contribution in [1.29, 1.82) is 5.26 Å². The predicted octanol–water partition coefficient (Wildman–Crippen LogP) is 2.29. The molecule has 0 aliphatic rings. The molecular formula is C12H12N4O. The van der Waals surface area contributed by atoms with Gasteiger partial charge in [-0.1, -0.05) is 5.16 Å². The highest BCUT2D eigenvalue weighted by atomic mass is 16.5. The lowest BCUT2D eigenvalue weighted by Crippen LogP contribution is -1.88. The molecule has 17 heavy (non-hydrogen) atoms. The SMILES string of the molecule is Cc1ccnc(-c2noc(CCCC#N)n2)c1. The van der Waals surface area contributed by atoms with Crippen LogP contribution >= 0.6 is 0 Å². The third-order valence-corrected chi connectivity index (χ3v) is 2.29. The minimum Gasteiger partial charge on any atom is -0.339 e. The lowest BCUT2D eigenvalue weighted by atomic mass is 10.2. The van der Waals surface area contributed by atoms with Crippen molar-refractivity contribution in [3.63, 3.8) is 0 Å². The minimum absolute atomic E-state index is 0.500. The molecule has 0 bridgehead atoms. The number of rotatable bonds is 4. The summed E-state index contributed by atoms with van der Waals surface area (Å²) in [6, 6.07) is 5.90. The quantitative estimate of drug-likeness (QED) is 0.750. The van der Waals surface area contributed by atoms with Crippen LogP contribution in [0.5, 0.6) is 0 Å². The maximum absolute atomic E-state index is 8.43. The molecule has 0 saturated heterocycles. The molecule has 0 amide bonds. The van der Waals surface area contributed by atoms with Gasteiger partial charge in [0, 0.05) is 19.0 Å². The summed E-state index contributed by atoms with van der Waals surface area (Å²) in [7, 11) is 0. The number of unbranched alkanes of at least 4 members (excludes halogenated alkanes) is 1. The van der Waals surface area contributed by atoms with Gasteiger partial charge in [-0.25, -0.2) is 0 Å². The van der Waals surface area contributed by atoms with Crippen molar-refractivity contribution in [2.24, 2.45) is 0 Å². The molecule has 5 heteroatoms. The fraction of sp³-hybridized carbons (Fsp3) is 0.333. The normalized spacial score (nSPS) is 10.1. The first-order valence-corrected chi connectivity index (χ1v) is 5.42. The molecule has 0 aliphatic heterocycles. The molecule has 2 aromatic rings. The molecule has 0 N–H and O–H groups in total. The van der Waals surface area contributed by atoms with Crippen LogP contribution in [0.15, 0.2) is 22.9 Å². The Hall–Kier alpha value is -2.22. The summed E-state index contributed by atoms with van der Waals surface area (Å²) in [5.74, 6) is 1.05. The summed E-state index contributed by atoms with van der Waals surface area (Å²) < 4.78 is 5.09. The molecule has 0 aromatic carbocycles. The Morgan fingerprint density at radius 1 is 1.47 bits per heavy atom. The average molecular weight is 228 g/mol. The smallest absolute Gasteiger partial charge is 0.227 e. The van der Waals surface area contributed by atoms with Gasteiger partial charge in [-0.3, -0.25) is 4.98 Å². The number of nitriles is 1. The van der Waals surface area contributed by atoms with Gasteiger partial charge in [0.2, 0.25) is 11.7 Å². The van der Waals surface area contributed by atoms with Gasteiger partial charge < -0.3 is 4.52 Å². The zero-order valence-corrected chi connectivity index (χ0v) is 9.55. The molecule has 0 fully saturated rings. The second-order valence-corrected chi connectivity index (χ2v) is 3.74. The Kier molecular flexibility index (Phi) is 3.46. The summed E-state index contributed by atoms with van der Waals surface area (Å²) in [6.45, 7) is 1.99. The average Bonchev–Trinajstić information content (AvgIpc) is 2.78. The van der Waals surface area contributed by atoms with E-state index in [1.54, 1.807) is 6.20 Å². The third kappa shape index (κ3) is 2.88. The molecule has 2 heterocycles. The number of aromatic nitrogens is 3. The summed E-state index contributed by atoms with van der Waals surface area (Å²) in [5, 5.41) is 12.3. The first-order valence-electron chi connectivity index (χ1n) is 5.42. The van der Waals surface area contributed by atoms with Crippen molar-refractivity contribution < 1.29 is 4.52 Å². The summed E-state index contributed by atoms with van der Waals surface area (Å²) in [4.78, 5) is 8.43.